The molecule has 0 aliphatic heterocycles. The summed E-state index contributed by atoms with van der Waals surface area (Å²) in [6.45, 7) is 6.19. The van der Waals surface area contributed by atoms with Crippen LogP contribution in [-0.4, -0.2) is 4.98 Å². The Labute approximate surface area is 121 Å². The second kappa shape index (κ2) is 5.61. The minimum absolute atomic E-state index is 0.360. The van der Waals surface area contributed by atoms with E-state index in [9.17, 15) is 0 Å². The van der Waals surface area contributed by atoms with Gasteiger partial charge in [-0.05, 0) is 48.2 Å². The smallest absolute Gasteiger partial charge is 0.242 e. The van der Waals surface area contributed by atoms with E-state index in [-0.39, 0.29) is 0 Å². The van der Waals surface area contributed by atoms with Gasteiger partial charge in [0.2, 0.25) is 5.88 Å². The molecular formula is C15H17BrN2O. The molecule has 1 aromatic heterocycles. The molecule has 1 aromatic carbocycles. The number of hydrogen-bond acceptors (Lipinski definition) is 3. The summed E-state index contributed by atoms with van der Waals surface area (Å²) in [5.74, 6) is 1.62. The van der Waals surface area contributed by atoms with Gasteiger partial charge in [0.15, 0.2) is 0 Å². The number of hydrogen-bond donors (Lipinski definition) is 1. The Bertz CT molecular complexity index is 597. The van der Waals surface area contributed by atoms with Crippen molar-refractivity contribution >= 4 is 21.6 Å². The first-order chi connectivity index (χ1) is 8.99. The number of aromatic nitrogens is 1. The van der Waals surface area contributed by atoms with E-state index >= 15 is 0 Å². The lowest BCUT2D eigenvalue weighted by Crippen LogP contribution is -2.00. The van der Waals surface area contributed by atoms with Gasteiger partial charge in [-0.2, -0.15) is 0 Å². The Hall–Kier alpha value is -1.55. The maximum atomic E-state index is 5.99. The Morgan fingerprint density at radius 2 is 2.00 bits per heavy atom. The molecule has 1 heterocycles. The van der Waals surface area contributed by atoms with Crippen molar-refractivity contribution < 1.29 is 4.74 Å². The molecule has 0 spiro atoms. The number of ether oxygens (including phenoxy) is 1. The van der Waals surface area contributed by atoms with E-state index in [1.165, 1.54) is 0 Å². The number of nitrogen functional groups attached to an aromatic ring is 1. The largest absolute Gasteiger partial charge is 0.437 e. The molecule has 2 rings (SSSR count). The van der Waals surface area contributed by atoms with E-state index in [1.54, 1.807) is 6.20 Å². The highest BCUT2D eigenvalue weighted by Gasteiger charge is 2.12. The fourth-order valence-corrected chi connectivity index (χ4v) is 2.17. The van der Waals surface area contributed by atoms with Crippen LogP contribution in [0.1, 0.15) is 30.9 Å². The number of rotatable bonds is 3. The lowest BCUT2D eigenvalue weighted by Gasteiger charge is -2.15. The quantitative estimate of drug-likeness (QED) is 0.895. The molecule has 2 N–H and O–H groups in total. The number of aryl methyl sites for hydroxylation is 1. The van der Waals surface area contributed by atoms with Crippen LogP contribution in [0.15, 0.2) is 34.9 Å². The fourth-order valence-electron chi connectivity index (χ4n) is 1.79. The van der Waals surface area contributed by atoms with Gasteiger partial charge in [-0.25, -0.2) is 4.98 Å². The van der Waals surface area contributed by atoms with Gasteiger partial charge in [0.25, 0.3) is 0 Å². The molecule has 0 radical (unpaired) electrons. The van der Waals surface area contributed by atoms with Crippen LogP contribution < -0.4 is 10.5 Å². The van der Waals surface area contributed by atoms with Crippen molar-refractivity contribution in [2.75, 3.05) is 5.73 Å². The van der Waals surface area contributed by atoms with E-state index in [4.69, 9.17) is 10.5 Å². The summed E-state index contributed by atoms with van der Waals surface area (Å²) >= 11 is 3.48. The predicted molar refractivity (Wildman–Crippen MR) is 81.7 cm³/mol. The molecule has 0 atom stereocenters. The predicted octanol–water partition coefficient (Wildman–Crippen LogP) is 4.65. The normalized spacial score (nSPS) is 10.8. The topological polar surface area (TPSA) is 48.1 Å². The van der Waals surface area contributed by atoms with Crippen LogP contribution in [0.4, 0.5) is 5.69 Å². The number of halogens is 1. The van der Waals surface area contributed by atoms with Gasteiger partial charge in [0.05, 0.1) is 5.69 Å². The van der Waals surface area contributed by atoms with E-state index in [2.05, 4.69) is 40.8 Å². The van der Waals surface area contributed by atoms with Gasteiger partial charge in [-0.1, -0.05) is 29.8 Å². The molecule has 0 saturated carbocycles. The molecule has 0 fully saturated rings. The summed E-state index contributed by atoms with van der Waals surface area (Å²) in [5.41, 5.74) is 8.66. The SMILES string of the molecule is Cc1ccnc(Oc2ccc(Br)cc2C(C)C)c1N. The number of anilines is 1. The average Bonchev–Trinajstić information content (AvgIpc) is 2.36. The van der Waals surface area contributed by atoms with Gasteiger partial charge in [-0.3, -0.25) is 0 Å². The van der Waals surface area contributed by atoms with Crippen LogP contribution in [0.2, 0.25) is 0 Å². The highest BCUT2D eigenvalue weighted by molar-refractivity contribution is 9.10. The van der Waals surface area contributed by atoms with Crippen molar-refractivity contribution in [2.45, 2.75) is 26.7 Å². The zero-order chi connectivity index (χ0) is 14.0. The van der Waals surface area contributed by atoms with Crippen LogP contribution >= 0.6 is 15.9 Å². The van der Waals surface area contributed by atoms with Crippen molar-refractivity contribution in [2.24, 2.45) is 0 Å². The molecule has 4 heteroatoms. The Kier molecular flexibility index (Phi) is 4.10. The summed E-state index contributed by atoms with van der Waals surface area (Å²) in [7, 11) is 0. The fraction of sp³-hybridized carbons (Fsp3) is 0.267. The van der Waals surface area contributed by atoms with E-state index in [0.29, 0.717) is 17.5 Å². The maximum Gasteiger partial charge on any atom is 0.242 e. The van der Waals surface area contributed by atoms with Crippen molar-refractivity contribution in [3.63, 3.8) is 0 Å². The minimum atomic E-state index is 0.360. The Balaban J connectivity index is 2.41. The molecule has 0 unspecified atom stereocenters. The van der Waals surface area contributed by atoms with Crippen LogP contribution in [0.5, 0.6) is 11.6 Å². The molecule has 3 nitrogen and oxygen atoms in total. The van der Waals surface area contributed by atoms with Gasteiger partial charge in [0.1, 0.15) is 5.75 Å². The van der Waals surface area contributed by atoms with Crippen LogP contribution in [0.3, 0.4) is 0 Å². The monoisotopic (exact) mass is 320 g/mol. The Morgan fingerprint density at radius 3 is 2.68 bits per heavy atom. The number of benzene rings is 1. The van der Waals surface area contributed by atoms with Gasteiger partial charge < -0.3 is 10.5 Å². The van der Waals surface area contributed by atoms with Gasteiger partial charge in [-0.15, -0.1) is 0 Å². The standard InChI is InChI=1S/C15H17BrN2O/c1-9(2)12-8-11(16)4-5-13(12)19-15-14(17)10(3)6-7-18-15/h4-9H,17H2,1-3H3. The molecule has 0 aliphatic carbocycles. The van der Waals surface area contributed by atoms with Crippen molar-refractivity contribution in [1.29, 1.82) is 0 Å². The van der Waals surface area contributed by atoms with Gasteiger partial charge in [0, 0.05) is 10.7 Å². The number of nitrogens with two attached hydrogens (primary N) is 1. The molecule has 100 valence electrons. The zero-order valence-corrected chi connectivity index (χ0v) is 12.9. The van der Waals surface area contributed by atoms with Crippen molar-refractivity contribution in [3.05, 3.63) is 46.1 Å². The van der Waals surface area contributed by atoms with Crippen LogP contribution in [0, 0.1) is 6.92 Å². The molecule has 0 bridgehead atoms. The van der Waals surface area contributed by atoms with Crippen LogP contribution in [-0.2, 0) is 0 Å². The molecular weight excluding hydrogens is 304 g/mol. The maximum absolute atomic E-state index is 5.99. The summed E-state index contributed by atoms with van der Waals surface area (Å²) in [4.78, 5) is 4.20. The summed E-state index contributed by atoms with van der Waals surface area (Å²) in [5, 5.41) is 0. The average molecular weight is 321 g/mol. The number of pyridine rings is 1. The first-order valence-electron chi connectivity index (χ1n) is 6.17. The first-order valence-corrected chi connectivity index (χ1v) is 6.96. The second-order valence-electron chi connectivity index (χ2n) is 4.79. The highest BCUT2D eigenvalue weighted by Crippen LogP contribution is 2.34. The molecule has 2 aromatic rings. The summed E-state index contributed by atoms with van der Waals surface area (Å²) in [6.07, 6.45) is 1.70. The summed E-state index contributed by atoms with van der Waals surface area (Å²) in [6, 6.07) is 7.81. The lowest BCUT2D eigenvalue weighted by molar-refractivity contribution is 0.456. The van der Waals surface area contributed by atoms with E-state index in [0.717, 1.165) is 21.3 Å². The van der Waals surface area contributed by atoms with Gasteiger partial charge >= 0.3 is 0 Å². The second-order valence-corrected chi connectivity index (χ2v) is 5.70. The van der Waals surface area contributed by atoms with Crippen molar-refractivity contribution in [1.82, 2.24) is 4.98 Å². The lowest BCUT2D eigenvalue weighted by atomic mass is 10.0. The van der Waals surface area contributed by atoms with E-state index in [1.807, 2.05) is 25.1 Å². The Morgan fingerprint density at radius 1 is 1.26 bits per heavy atom. The third-order valence-corrected chi connectivity index (χ3v) is 3.47. The highest BCUT2D eigenvalue weighted by atomic mass is 79.9. The van der Waals surface area contributed by atoms with Crippen LogP contribution in [0.25, 0.3) is 0 Å². The zero-order valence-electron chi connectivity index (χ0n) is 11.3. The molecule has 0 saturated heterocycles. The summed E-state index contributed by atoms with van der Waals surface area (Å²) < 4.78 is 6.92. The number of nitrogens with zero attached hydrogens (tertiary/aromatic N) is 1. The third kappa shape index (κ3) is 3.07. The first kappa shape index (κ1) is 13.9. The molecule has 0 aliphatic rings. The molecule has 0 amide bonds. The third-order valence-electron chi connectivity index (χ3n) is 2.97. The van der Waals surface area contributed by atoms with Crippen molar-refractivity contribution in [3.8, 4) is 11.6 Å². The molecule has 19 heavy (non-hydrogen) atoms. The van der Waals surface area contributed by atoms with E-state index < -0.39 is 0 Å². The minimum Gasteiger partial charge on any atom is -0.437 e.